The summed E-state index contributed by atoms with van der Waals surface area (Å²) in [6.45, 7) is 7.58. The summed E-state index contributed by atoms with van der Waals surface area (Å²) in [5.74, 6) is -0.179. The molecule has 1 atom stereocenters. The van der Waals surface area contributed by atoms with E-state index in [1.54, 1.807) is 0 Å². The zero-order valence-corrected chi connectivity index (χ0v) is 17.3. The summed E-state index contributed by atoms with van der Waals surface area (Å²) >= 11 is 0. The molecule has 1 aliphatic heterocycles. The van der Waals surface area contributed by atoms with Crippen molar-refractivity contribution in [3.05, 3.63) is 60.2 Å². The van der Waals surface area contributed by atoms with Crippen LogP contribution in [0, 0.1) is 5.41 Å². The van der Waals surface area contributed by atoms with Gasteiger partial charge in [-0.25, -0.2) is 0 Å². The molecule has 0 radical (unpaired) electrons. The second-order valence-corrected chi connectivity index (χ2v) is 9.01. The van der Waals surface area contributed by atoms with Crippen molar-refractivity contribution in [2.75, 3.05) is 6.66 Å². The first-order valence-electron chi connectivity index (χ1n) is 9.29. The maximum atomic E-state index is 12.9. The molecule has 0 saturated carbocycles. The maximum Gasteiger partial charge on any atom is 0.261 e. The zero-order chi connectivity index (χ0) is 19.6. The maximum absolute atomic E-state index is 12.9. The number of carbonyl (C=O) groups excluding carboxylic acids is 2. The summed E-state index contributed by atoms with van der Waals surface area (Å²) in [5.41, 5.74) is 2.94. The fourth-order valence-corrected chi connectivity index (χ4v) is 4.10. The van der Waals surface area contributed by atoms with Crippen LogP contribution in [0.4, 0.5) is 0 Å². The highest BCUT2D eigenvalue weighted by atomic mass is 31.1. The lowest BCUT2D eigenvalue weighted by atomic mass is 9.93. The van der Waals surface area contributed by atoms with E-state index in [0.717, 1.165) is 19.1 Å². The SMILES string of the molecule is CP=C1C[C@@H](Cc2ccc(-c3ccccc3)cc2)N(C(=O)C(C)(C)C)C1=O. The molecule has 140 valence electrons. The molecule has 2 aromatic carbocycles. The molecule has 0 unspecified atom stereocenters. The van der Waals surface area contributed by atoms with Crippen molar-refractivity contribution in [3.8, 4) is 11.1 Å². The van der Waals surface area contributed by atoms with E-state index in [1.165, 1.54) is 16.0 Å². The van der Waals surface area contributed by atoms with Crippen LogP contribution in [-0.2, 0) is 16.0 Å². The molecule has 2 aromatic rings. The van der Waals surface area contributed by atoms with Crippen molar-refractivity contribution in [2.24, 2.45) is 5.41 Å². The highest BCUT2D eigenvalue weighted by Gasteiger charge is 2.42. The molecule has 0 spiro atoms. The predicted octanol–water partition coefficient (Wildman–Crippen LogP) is 4.82. The van der Waals surface area contributed by atoms with Gasteiger partial charge in [-0.05, 0) is 29.8 Å². The van der Waals surface area contributed by atoms with Gasteiger partial charge < -0.3 is 0 Å². The molecular formula is C23H26NO2P. The van der Waals surface area contributed by atoms with Gasteiger partial charge in [-0.1, -0.05) is 83.6 Å². The van der Waals surface area contributed by atoms with Crippen molar-refractivity contribution in [1.82, 2.24) is 4.90 Å². The standard InChI is InChI=1S/C23H26NO2P/c1-23(2,3)22(26)24-19(15-20(27-4)21(24)25)14-16-10-12-18(13-11-16)17-8-6-5-7-9-17/h5-13,19H,14-15H2,1-4H3/t19-/m1/s1. The number of amides is 2. The van der Waals surface area contributed by atoms with Crippen LogP contribution in [0.15, 0.2) is 54.6 Å². The van der Waals surface area contributed by atoms with E-state index in [-0.39, 0.29) is 17.9 Å². The number of carbonyl (C=O) groups is 2. The largest absolute Gasteiger partial charge is 0.274 e. The molecule has 1 fully saturated rings. The fourth-order valence-electron chi connectivity index (χ4n) is 3.41. The number of hydrogen-bond acceptors (Lipinski definition) is 2. The Morgan fingerprint density at radius 3 is 2.19 bits per heavy atom. The Morgan fingerprint density at radius 2 is 1.63 bits per heavy atom. The summed E-state index contributed by atoms with van der Waals surface area (Å²) in [6, 6.07) is 18.6. The summed E-state index contributed by atoms with van der Waals surface area (Å²) in [5, 5.41) is 0.832. The number of nitrogens with zero attached hydrogens (tertiary/aromatic N) is 1. The molecule has 3 nitrogen and oxygen atoms in total. The van der Waals surface area contributed by atoms with Gasteiger partial charge in [-0.15, -0.1) is 0 Å². The average Bonchev–Trinajstić information content (AvgIpc) is 2.96. The fraction of sp³-hybridized carbons (Fsp3) is 0.348. The molecule has 1 aliphatic rings. The van der Waals surface area contributed by atoms with Gasteiger partial charge in [0.15, 0.2) is 0 Å². The van der Waals surface area contributed by atoms with Crippen molar-refractivity contribution in [3.63, 3.8) is 0 Å². The molecule has 2 amide bonds. The number of hydrogen-bond donors (Lipinski definition) is 0. The molecule has 0 N–H and O–H groups in total. The Morgan fingerprint density at radius 1 is 1.04 bits per heavy atom. The number of benzene rings is 2. The van der Waals surface area contributed by atoms with Gasteiger partial charge in [0, 0.05) is 23.2 Å². The lowest BCUT2D eigenvalue weighted by Crippen LogP contribution is -2.46. The highest BCUT2D eigenvalue weighted by Crippen LogP contribution is 2.29. The summed E-state index contributed by atoms with van der Waals surface area (Å²) in [7, 11) is 0.956. The van der Waals surface area contributed by atoms with Gasteiger partial charge >= 0.3 is 0 Å². The normalized spacial score (nSPS) is 19.0. The van der Waals surface area contributed by atoms with E-state index in [2.05, 4.69) is 36.4 Å². The topological polar surface area (TPSA) is 37.4 Å². The molecule has 27 heavy (non-hydrogen) atoms. The molecule has 4 heteroatoms. The molecular weight excluding hydrogens is 353 g/mol. The molecule has 0 bridgehead atoms. The first-order chi connectivity index (χ1) is 12.8. The molecule has 3 rings (SSSR count). The van der Waals surface area contributed by atoms with Crippen LogP contribution in [0.5, 0.6) is 0 Å². The molecule has 1 heterocycles. The van der Waals surface area contributed by atoms with E-state index >= 15 is 0 Å². The van der Waals surface area contributed by atoms with Gasteiger partial charge in [0.1, 0.15) is 0 Å². The van der Waals surface area contributed by atoms with Gasteiger partial charge in [0.25, 0.3) is 5.91 Å². The number of rotatable bonds is 3. The van der Waals surface area contributed by atoms with Crippen LogP contribution >= 0.6 is 8.20 Å². The first kappa shape index (κ1) is 19.5. The minimum atomic E-state index is -0.564. The molecule has 1 saturated heterocycles. The summed E-state index contributed by atoms with van der Waals surface area (Å²) in [6.07, 6.45) is 1.36. The van der Waals surface area contributed by atoms with Crippen LogP contribution in [0.1, 0.15) is 32.8 Å². The Hall–Kier alpha value is -2.25. The lowest BCUT2D eigenvalue weighted by Gasteiger charge is -2.29. The summed E-state index contributed by atoms with van der Waals surface area (Å²) < 4.78 is 0. The van der Waals surface area contributed by atoms with Crippen molar-refractivity contribution in [2.45, 2.75) is 39.7 Å². The van der Waals surface area contributed by atoms with Gasteiger partial charge in [0.05, 0.1) is 0 Å². The minimum Gasteiger partial charge on any atom is -0.274 e. The minimum absolute atomic E-state index is 0.0861. The third-order valence-electron chi connectivity index (χ3n) is 4.92. The van der Waals surface area contributed by atoms with Crippen LogP contribution in [-0.4, -0.2) is 34.7 Å². The third kappa shape index (κ3) is 4.20. The summed E-state index contributed by atoms with van der Waals surface area (Å²) in [4.78, 5) is 27.1. The van der Waals surface area contributed by atoms with Gasteiger partial charge in [0.2, 0.25) is 5.91 Å². The zero-order valence-electron chi connectivity index (χ0n) is 16.4. The van der Waals surface area contributed by atoms with Gasteiger partial charge in [-0.2, -0.15) is 0 Å². The predicted molar refractivity (Wildman–Crippen MR) is 113 cm³/mol. The molecule has 0 aromatic heterocycles. The smallest absolute Gasteiger partial charge is 0.261 e. The van der Waals surface area contributed by atoms with Crippen molar-refractivity contribution >= 4 is 25.3 Å². The second kappa shape index (κ2) is 7.78. The average molecular weight is 379 g/mol. The lowest BCUT2D eigenvalue weighted by molar-refractivity contribution is -0.147. The van der Waals surface area contributed by atoms with Crippen LogP contribution < -0.4 is 0 Å². The molecule has 0 aliphatic carbocycles. The van der Waals surface area contributed by atoms with Crippen LogP contribution in [0.25, 0.3) is 11.1 Å². The quantitative estimate of drug-likeness (QED) is 0.717. The van der Waals surface area contributed by atoms with Crippen LogP contribution in [0.3, 0.4) is 0 Å². The van der Waals surface area contributed by atoms with Crippen molar-refractivity contribution < 1.29 is 9.59 Å². The monoisotopic (exact) mass is 379 g/mol. The highest BCUT2D eigenvalue weighted by molar-refractivity contribution is 7.42. The van der Waals surface area contributed by atoms with E-state index in [9.17, 15) is 9.59 Å². The van der Waals surface area contributed by atoms with Crippen molar-refractivity contribution in [1.29, 1.82) is 0 Å². The number of imide groups is 1. The Labute approximate surface area is 163 Å². The van der Waals surface area contributed by atoms with E-state index < -0.39 is 5.41 Å². The van der Waals surface area contributed by atoms with Gasteiger partial charge in [-0.3, -0.25) is 14.5 Å². The Bertz CT molecular complexity index is 864. The number of likely N-dealkylation sites (tertiary alicyclic amines) is 1. The van der Waals surface area contributed by atoms with E-state index in [4.69, 9.17) is 0 Å². The first-order valence-corrected chi connectivity index (χ1v) is 10.6. The third-order valence-corrected chi connectivity index (χ3v) is 5.84. The Balaban J connectivity index is 1.82. The van der Waals surface area contributed by atoms with E-state index in [1.807, 2.05) is 45.6 Å². The Kier molecular flexibility index (Phi) is 5.62. The van der Waals surface area contributed by atoms with E-state index in [0.29, 0.717) is 12.8 Å². The second-order valence-electron chi connectivity index (χ2n) is 8.03. The van der Waals surface area contributed by atoms with Crippen LogP contribution in [0.2, 0.25) is 0 Å².